The molecule has 0 radical (unpaired) electrons. The van der Waals surface area contributed by atoms with E-state index in [1.165, 1.54) is 13.2 Å². The Morgan fingerprint density at radius 2 is 1.74 bits per heavy atom. The molecule has 3 rings (SSSR count). The van der Waals surface area contributed by atoms with Crippen molar-refractivity contribution in [2.75, 3.05) is 13.7 Å². The molecule has 1 atom stereocenters. The minimum absolute atomic E-state index is 0.00521. The highest BCUT2D eigenvalue weighted by Gasteiger charge is 2.35. The number of ether oxygens (including phenoxy) is 2. The number of nitrogens with zero attached hydrogens (tertiary/aromatic N) is 1. The molecular formula is C28H30F3N3O4. The molecule has 202 valence electrons. The Morgan fingerprint density at radius 3 is 2.37 bits per heavy atom. The number of hydrogen-bond donors (Lipinski definition) is 2. The number of benzene rings is 2. The molecule has 38 heavy (non-hydrogen) atoms. The first-order valence-electron chi connectivity index (χ1n) is 12.1. The fraction of sp³-hybridized carbons (Fsp3) is 0.321. The summed E-state index contributed by atoms with van der Waals surface area (Å²) < 4.78 is 51.9. The van der Waals surface area contributed by atoms with Crippen LogP contribution >= 0.6 is 0 Å². The van der Waals surface area contributed by atoms with Crippen molar-refractivity contribution < 1.29 is 32.2 Å². The van der Waals surface area contributed by atoms with Gasteiger partial charge in [-0.25, -0.2) is 4.79 Å². The van der Waals surface area contributed by atoms with Crippen molar-refractivity contribution >= 4 is 12.0 Å². The van der Waals surface area contributed by atoms with Crippen molar-refractivity contribution in [3.63, 3.8) is 0 Å². The van der Waals surface area contributed by atoms with Gasteiger partial charge in [0, 0.05) is 24.5 Å². The van der Waals surface area contributed by atoms with Gasteiger partial charge in [-0.2, -0.15) is 13.2 Å². The third-order valence-electron chi connectivity index (χ3n) is 5.91. The zero-order chi connectivity index (χ0) is 27.7. The summed E-state index contributed by atoms with van der Waals surface area (Å²) in [6.45, 7) is 3.83. The van der Waals surface area contributed by atoms with Crippen molar-refractivity contribution in [2.45, 2.75) is 45.5 Å². The van der Waals surface area contributed by atoms with Gasteiger partial charge in [0.15, 0.2) is 0 Å². The van der Waals surface area contributed by atoms with E-state index < -0.39 is 36.2 Å². The topological polar surface area (TPSA) is 89.5 Å². The summed E-state index contributed by atoms with van der Waals surface area (Å²) in [5, 5.41) is 5.74. The maximum atomic E-state index is 13.9. The Morgan fingerprint density at radius 1 is 1.03 bits per heavy atom. The highest BCUT2D eigenvalue weighted by Crippen LogP contribution is 2.42. The average molecular weight is 530 g/mol. The maximum Gasteiger partial charge on any atom is 0.416 e. The number of amides is 2. The van der Waals surface area contributed by atoms with Gasteiger partial charge in [-0.15, -0.1) is 0 Å². The second-order valence-electron chi connectivity index (χ2n) is 8.42. The van der Waals surface area contributed by atoms with Crippen molar-refractivity contribution in [1.82, 2.24) is 15.6 Å². The highest BCUT2D eigenvalue weighted by molar-refractivity contribution is 5.80. The van der Waals surface area contributed by atoms with E-state index in [1.807, 2.05) is 6.92 Å². The molecule has 0 aliphatic rings. The first kappa shape index (κ1) is 28.5. The van der Waals surface area contributed by atoms with Crippen LogP contribution in [0.3, 0.4) is 0 Å². The Kier molecular flexibility index (Phi) is 9.70. The van der Waals surface area contributed by atoms with E-state index in [9.17, 15) is 22.8 Å². The number of aromatic nitrogens is 1. The van der Waals surface area contributed by atoms with E-state index in [4.69, 9.17) is 9.47 Å². The molecule has 0 bridgehead atoms. The molecule has 2 N–H and O–H groups in total. The van der Waals surface area contributed by atoms with Crippen LogP contribution in [0.15, 0.2) is 60.9 Å². The first-order chi connectivity index (χ1) is 18.2. The first-order valence-corrected chi connectivity index (χ1v) is 12.1. The monoisotopic (exact) mass is 529 g/mol. The molecule has 3 aromatic rings. The lowest BCUT2D eigenvalue weighted by atomic mass is 9.90. The zero-order valence-electron chi connectivity index (χ0n) is 21.4. The number of esters is 1. The molecule has 1 heterocycles. The van der Waals surface area contributed by atoms with Gasteiger partial charge < -0.3 is 20.1 Å². The number of nitrogens with one attached hydrogen (secondary N) is 2. The third-order valence-corrected chi connectivity index (χ3v) is 5.91. The van der Waals surface area contributed by atoms with Gasteiger partial charge in [-0.1, -0.05) is 31.2 Å². The summed E-state index contributed by atoms with van der Waals surface area (Å²) >= 11 is 0. The standard InChI is InChI=1S/C28H30F3N3O4/c1-4-24(34-27(36)33-17-18-10-12-32-13-11-18)21-9-7-6-8-20(21)22-14-19(15-26(35)38-5-2)23(28(29,30)31)16-25(22)37-3/h6-14,16,24H,4-5,15,17H2,1-3H3,(H2,33,34,36). The Labute approximate surface area is 219 Å². The molecule has 0 fully saturated rings. The van der Waals surface area contributed by atoms with E-state index in [-0.39, 0.29) is 17.9 Å². The lowest BCUT2D eigenvalue weighted by Gasteiger charge is -2.23. The minimum Gasteiger partial charge on any atom is -0.496 e. The van der Waals surface area contributed by atoms with Crippen molar-refractivity contribution in [2.24, 2.45) is 0 Å². The Hall–Kier alpha value is -4.08. The molecule has 7 nitrogen and oxygen atoms in total. The number of hydrogen-bond acceptors (Lipinski definition) is 5. The van der Waals surface area contributed by atoms with Crippen LogP contribution in [0.1, 0.15) is 48.6 Å². The number of pyridine rings is 1. The predicted octanol–water partition coefficient (Wildman–Crippen LogP) is 5.83. The summed E-state index contributed by atoms with van der Waals surface area (Å²) in [5.74, 6) is -0.768. The van der Waals surface area contributed by atoms with Crippen LogP contribution in [0, 0.1) is 0 Å². The van der Waals surface area contributed by atoms with E-state index >= 15 is 0 Å². The molecule has 0 saturated carbocycles. The number of halogens is 3. The van der Waals surface area contributed by atoms with Crippen LogP contribution in [0.5, 0.6) is 5.75 Å². The summed E-state index contributed by atoms with van der Waals surface area (Å²) in [5.41, 5.74) is 1.32. The fourth-order valence-corrected chi connectivity index (χ4v) is 4.12. The minimum atomic E-state index is -4.70. The summed E-state index contributed by atoms with van der Waals surface area (Å²) in [6.07, 6.45) is -1.47. The third kappa shape index (κ3) is 7.24. The van der Waals surface area contributed by atoms with Gasteiger partial charge in [0.1, 0.15) is 5.75 Å². The van der Waals surface area contributed by atoms with Crippen LogP contribution in [-0.4, -0.2) is 30.7 Å². The summed E-state index contributed by atoms with van der Waals surface area (Å²) in [4.78, 5) is 28.8. The molecule has 10 heteroatoms. The zero-order valence-corrected chi connectivity index (χ0v) is 21.4. The highest BCUT2D eigenvalue weighted by atomic mass is 19.4. The second kappa shape index (κ2) is 12.9. The molecule has 1 unspecified atom stereocenters. The van der Waals surface area contributed by atoms with Gasteiger partial charge in [-0.3, -0.25) is 9.78 Å². The second-order valence-corrected chi connectivity index (χ2v) is 8.42. The number of carbonyl (C=O) groups is 2. The van der Waals surface area contributed by atoms with Gasteiger partial charge in [-0.05, 0) is 59.9 Å². The molecule has 2 aromatic carbocycles. The van der Waals surface area contributed by atoms with Crippen molar-refractivity contribution in [3.05, 3.63) is 83.2 Å². The maximum absolute atomic E-state index is 13.9. The molecular weight excluding hydrogens is 499 g/mol. The Balaban J connectivity index is 1.98. The van der Waals surface area contributed by atoms with Crippen molar-refractivity contribution in [3.8, 4) is 16.9 Å². The molecule has 2 amide bonds. The molecule has 0 aliphatic heterocycles. The largest absolute Gasteiger partial charge is 0.496 e. The predicted molar refractivity (Wildman–Crippen MR) is 136 cm³/mol. The average Bonchev–Trinajstić information content (AvgIpc) is 2.90. The Bertz CT molecular complexity index is 1250. The molecule has 0 aliphatic carbocycles. The van der Waals surface area contributed by atoms with Gasteiger partial charge in [0.05, 0.1) is 31.7 Å². The van der Waals surface area contributed by atoms with E-state index in [0.717, 1.165) is 11.6 Å². The number of urea groups is 1. The van der Waals surface area contributed by atoms with E-state index in [1.54, 1.807) is 55.7 Å². The smallest absolute Gasteiger partial charge is 0.416 e. The molecule has 0 saturated heterocycles. The quantitative estimate of drug-likeness (QED) is 0.323. The van der Waals surface area contributed by atoms with Gasteiger partial charge >= 0.3 is 18.2 Å². The lowest BCUT2D eigenvalue weighted by molar-refractivity contribution is -0.143. The number of alkyl halides is 3. The lowest BCUT2D eigenvalue weighted by Crippen LogP contribution is -2.37. The van der Waals surface area contributed by atoms with Crippen molar-refractivity contribution in [1.29, 1.82) is 0 Å². The van der Waals surface area contributed by atoms with Crippen LogP contribution in [-0.2, 0) is 28.7 Å². The summed E-state index contributed by atoms with van der Waals surface area (Å²) in [7, 11) is 1.29. The normalized spacial score (nSPS) is 11.9. The van der Waals surface area contributed by atoms with Gasteiger partial charge in [0.2, 0.25) is 0 Å². The van der Waals surface area contributed by atoms with Crippen LogP contribution in [0.2, 0.25) is 0 Å². The summed E-state index contributed by atoms with van der Waals surface area (Å²) in [6, 6.07) is 12.0. The fourth-order valence-electron chi connectivity index (χ4n) is 4.12. The van der Waals surface area contributed by atoms with E-state index in [0.29, 0.717) is 29.7 Å². The van der Waals surface area contributed by atoms with Gasteiger partial charge in [0.25, 0.3) is 0 Å². The molecule has 1 aromatic heterocycles. The van der Waals surface area contributed by atoms with Crippen LogP contribution in [0.25, 0.3) is 11.1 Å². The number of carbonyl (C=O) groups excluding carboxylic acids is 2. The van der Waals surface area contributed by atoms with E-state index in [2.05, 4.69) is 15.6 Å². The molecule has 0 spiro atoms. The van der Waals surface area contributed by atoms with Crippen LogP contribution < -0.4 is 15.4 Å². The SMILES string of the molecule is CCOC(=O)Cc1cc(-c2ccccc2C(CC)NC(=O)NCc2ccncc2)c(OC)cc1C(F)(F)F. The number of rotatable bonds is 10. The number of methoxy groups -OCH3 is 1. The van der Waals surface area contributed by atoms with Crippen LogP contribution in [0.4, 0.5) is 18.0 Å².